The molecule has 0 unspecified atom stereocenters. The first-order valence-corrected chi connectivity index (χ1v) is 5.97. The van der Waals surface area contributed by atoms with Crippen LogP contribution in [0.4, 0.5) is 0 Å². The molecule has 1 aromatic carbocycles. The zero-order valence-electron chi connectivity index (χ0n) is 10.1. The number of aromatic nitrogens is 1. The smallest absolute Gasteiger partial charge is 0.145 e. The average molecular weight is 230 g/mol. The Hall–Kier alpha value is -1.61. The van der Waals surface area contributed by atoms with Crippen molar-refractivity contribution in [2.75, 3.05) is 13.7 Å². The van der Waals surface area contributed by atoms with Gasteiger partial charge in [0.15, 0.2) is 0 Å². The summed E-state index contributed by atoms with van der Waals surface area (Å²) >= 11 is 0. The highest BCUT2D eigenvalue weighted by molar-refractivity contribution is 5.87. The Morgan fingerprint density at radius 1 is 1.24 bits per heavy atom. The van der Waals surface area contributed by atoms with Crippen molar-refractivity contribution in [2.24, 2.45) is 5.73 Å². The SMILES string of the molecule is COc1ccc(CCCCN)c2cccnc12. The van der Waals surface area contributed by atoms with E-state index in [2.05, 4.69) is 17.1 Å². The third-order valence-electron chi connectivity index (χ3n) is 2.94. The standard InChI is InChI=1S/C14H18N2O/c1-17-13-8-7-11(5-2-3-9-15)12-6-4-10-16-14(12)13/h4,6-8,10H,2-3,5,9,15H2,1H3. The minimum atomic E-state index is 0.756. The highest BCUT2D eigenvalue weighted by Gasteiger charge is 2.06. The van der Waals surface area contributed by atoms with Gasteiger partial charge in [0.25, 0.3) is 0 Å². The molecule has 3 heteroatoms. The fourth-order valence-electron chi connectivity index (χ4n) is 2.05. The molecule has 1 aromatic heterocycles. The van der Waals surface area contributed by atoms with Gasteiger partial charge in [-0.05, 0) is 43.5 Å². The summed E-state index contributed by atoms with van der Waals surface area (Å²) in [4.78, 5) is 4.39. The lowest BCUT2D eigenvalue weighted by molar-refractivity contribution is 0.419. The Balaban J connectivity index is 2.37. The zero-order chi connectivity index (χ0) is 12.1. The van der Waals surface area contributed by atoms with Gasteiger partial charge in [0, 0.05) is 11.6 Å². The lowest BCUT2D eigenvalue weighted by atomic mass is 10.0. The van der Waals surface area contributed by atoms with Gasteiger partial charge in [-0.1, -0.05) is 12.1 Å². The second-order valence-corrected chi connectivity index (χ2v) is 4.07. The van der Waals surface area contributed by atoms with Crippen LogP contribution >= 0.6 is 0 Å². The Morgan fingerprint density at radius 3 is 2.88 bits per heavy atom. The number of hydrogen-bond acceptors (Lipinski definition) is 3. The highest BCUT2D eigenvalue weighted by Crippen LogP contribution is 2.27. The molecule has 0 aliphatic rings. The first kappa shape index (κ1) is 11.9. The molecular formula is C14H18N2O. The first-order valence-electron chi connectivity index (χ1n) is 5.97. The number of rotatable bonds is 5. The number of nitrogens with zero attached hydrogens (tertiary/aromatic N) is 1. The molecule has 0 aliphatic heterocycles. The van der Waals surface area contributed by atoms with Crippen molar-refractivity contribution in [2.45, 2.75) is 19.3 Å². The number of aryl methyl sites for hydroxylation is 1. The van der Waals surface area contributed by atoms with Gasteiger partial charge in [-0.3, -0.25) is 4.98 Å². The van der Waals surface area contributed by atoms with Gasteiger partial charge < -0.3 is 10.5 Å². The average Bonchev–Trinajstić information content (AvgIpc) is 2.39. The van der Waals surface area contributed by atoms with Crippen LogP contribution in [0.1, 0.15) is 18.4 Å². The Bertz CT molecular complexity index is 497. The van der Waals surface area contributed by atoms with E-state index in [1.54, 1.807) is 13.3 Å². The van der Waals surface area contributed by atoms with E-state index in [1.165, 1.54) is 10.9 Å². The molecule has 0 amide bonds. The van der Waals surface area contributed by atoms with Crippen molar-refractivity contribution in [3.8, 4) is 5.75 Å². The number of methoxy groups -OCH3 is 1. The van der Waals surface area contributed by atoms with Crippen molar-refractivity contribution in [3.05, 3.63) is 36.0 Å². The van der Waals surface area contributed by atoms with Crippen molar-refractivity contribution in [1.29, 1.82) is 0 Å². The van der Waals surface area contributed by atoms with E-state index in [-0.39, 0.29) is 0 Å². The molecule has 2 N–H and O–H groups in total. The normalized spacial score (nSPS) is 10.7. The monoisotopic (exact) mass is 230 g/mol. The third kappa shape index (κ3) is 2.56. The quantitative estimate of drug-likeness (QED) is 0.803. The zero-order valence-corrected chi connectivity index (χ0v) is 10.1. The van der Waals surface area contributed by atoms with Gasteiger partial charge in [0.05, 0.1) is 7.11 Å². The van der Waals surface area contributed by atoms with Gasteiger partial charge in [-0.15, -0.1) is 0 Å². The molecule has 17 heavy (non-hydrogen) atoms. The predicted octanol–water partition coefficient (Wildman–Crippen LogP) is 2.52. The van der Waals surface area contributed by atoms with E-state index < -0.39 is 0 Å². The fourth-order valence-corrected chi connectivity index (χ4v) is 2.05. The summed E-state index contributed by atoms with van der Waals surface area (Å²) in [6.07, 6.45) is 5.03. The van der Waals surface area contributed by atoms with Gasteiger partial charge in [0.2, 0.25) is 0 Å². The summed E-state index contributed by atoms with van der Waals surface area (Å²) in [5.41, 5.74) is 7.78. The molecule has 3 nitrogen and oxygen atoms in total. The first-order chi connectivity index (χ1) is 8.36. The van der Waals surface area contributed by atoms with Crippen molar-refractivity contribution in [1.82, 2.24) is 4.98 Å². The van der Waals surface area contributed by atoms with Crippen LogP contribution in [0.15, 0.2) is 30.5 Å². The minimum Gasteiger partial charge on any atom is -0.494 e. The van der Waals surface area contributed by atoms with Gasteiger partial charge in [-0.25, -0.2) is 0 Å². The van der Waals surface area contributed by atoms with Crippen LogP contribution in [0.5, 0.6) is 5.75 Å². The number of fused-ring (bicyclic) bond motifs is 1. The molecule has 0 radical (unpaired) electrons. The lowest BCUT2D eigenvalue weighted by Gasteiger charge is -2.09. The molecule has 2 aromatic rings. The highest BCUT2D eigenvalue weighted by atomic mass is 16.5. The molecule has 0 fully saturated rings. The molecule has 90 valence electrons. The molecule has 0 atom stereocenters. The van der Waals surface area contributed by atoms with Crippen LogP contribution in [-0.4, -0.2) is 18.6 Å². The molecule has 0 spiro atoms. The predicted molar refractivity (Wildman–Crippen MR) is 70.3 cm³/mol. The summed E-state index contributed by atoms with van der Waals surface area (Å²) in [7, 11) is 1.68. The molecule has 0 saturated carbocycles. The molecular weight excluding hydrogens is 212 g/mol. The molecule has 0 bridgehead atoms. The van der Waals surface area contributed by atoms with Crippen LogP contribution in [0.25, 0.3) is 10.9 Å². The summed E-state index contributed by atoms with van der Waals surface area (Å²) in [6.45, 7) is 0.756. The van der Waals surface area contributed by atoms with Crippen LogP contribution in [0.2, 0.25) is 0 Å². The maximum atomic E-state index is 5.52. The number of pyridine rings is 1. The van der Waals surface area contributed by atoms with Crippen molar-refractivity contribution < 1.29 is 4.74 Å². The number of unbranched alkanes of at least 4 members (excludes halogenated alkanes) is 1. The van der Waals surface area contributed by atoms with Gasteiger partial charge >= 0.3 is 0 Å². The second kappa shape index (κ2) is 5.64. The van der Waals surface area contributed by atoms with Crippen molar-refractivity contribution in [3.63, 3.8) is 0 Å². The topological polar surface area (TPSA) is 48.1 Å². The summed E-state index contributed by atoms with van der Waals surface area (Å²) in [5, 5.41) is 1.18. The largest absolute Gasteiger partial charge is 0.494 e. The second-order valence-electron chi connectivity index (χ2n) is 4.07. The summed E-state index contributed by atoms with van der Waals surface area (Å²) in [6, 6.07) is 8.18. The number of ether oxygens (including phenoxy) is 1. The van der Waals surface area contributed by atoms with E-state index in [4.69, 9.17) is 10.5 Å². The minimum absolute atomic E-state index is 0.756. The Morgan fingerprint density at radius 2 is 2.12 bits per heavy atom. The van der Waals surface area contributed by atoms with Crippen LogP contribution < -0.4 is 10.5 Å². The summed E-state index contributed by atoms with van der Waals surface area (Å²) < 4.78 is 5.33. The van der Waals surface area contributed by atoms with E-state index in [1.807, 2.05) is 12.1 Å². The maximum absolute atomic E-state index is 5.52. The maximum Gasteiger partial charge on any atom is 0.145 e. The van der Waals surface area contributed by atoms with Crippen LogP contribution in [0.3, 0.4) is 0 Å². The van der Waals surface area contributed by atoms with E-state index in [0.29, 0.717) is 0 Å². The fraction of sp³-hybridized carbons (Fsp3) is 0.357. The molecule has 0 aliphatic carbocycles. The van der Waals surface area contributed by atoms with Gasteiger partial charge in [0.1, 0.15) is 11.3 Å². The van der Waals surface area contributed by atoms with E-state index >= 15 is 0 Å². The van der Waals surface area contributed by atoms with Crippen LogP contribution in [0, 0.1) is 0 Å². The van der Waals surface area contributed by atoms with Crippen LogP contribution in [-0.2, 0) is 6.42 Å². The number of nitrogens with two attached hydrogens (primary N) is 1. The molecule has 0 saturated heterocycles. The Labute approximate surface area is 102 Å². The Kier molecular flexibility index (Phi) is 3.94. The summed E-state index contributed by atoms with van der Waals surface area (Å²) in [5.74, 6) is 0.836. The van der Waals surface area contributed by atoms with E-state index in [9.17, 15) is 0 Å². The molecule has 2 rings (SSSR count). The number of hydrogen-bond donors (Lipinski definition) is 1. The lowest BCUT2D eigenvalue weighted by Crippen LogP contribution is -1.99. The molecule has 1 heterocycles. The number of benzene rings is 1. The van der Waals surface area contributed by atoms with Gasteiger partial charge in [-0.2, -0.15) is 0 Å². The third-order valence-corrected chi connectivity index (χ3v) is 2.94. The van der Waals surface area contributed by atoms with Crippen molar-refractivity contribution >= 4 is 10.9 Å². The van der Waals surface area contributed by atoms with E-state index in [0.717, 1.165) is 37.1 Å².